The number of rotatable bonds is 4. The average molecular weight is 352 g/mol. The molecule has 0 radical (unpaired) electrons. The number of fused-ring (bicyclic) bond motifs is 1. The maximum Gasteiger partial charge on any atom is 0.166 e. The lowest BCUT2D eigenvalue weighted by Crippen LogP contribution is -2.41. The molecule has 2 aromatic heterocycles. The lowest BCUT2D eigenvalue weighted by atomic mass is 9.95. The first kappa shape index (κ1) is 17.4. The zero-order valence-corrected chi connectivity index (χ0v) is 15.1. The van der Waals surface area contributed by atoms with Crippen LogP contribution in [-0.2, 0) is 4.74 Å². The summed E-state index contributed by atoms with van der Waals surface area (Å²) >= 11 is 0. The van der Waals surface area contributed by atoms with Crippen molar-refractivity contribution in [2.45, 2.75) is 37.4 Å². The highest BCUT2D eigenvalue weighted by atomic mass is 31.2. The second-order valence-corrected chi connectivity index (χ2v) is 11.7. The number of hydrogen-bond donors (Lipinski definition) is 3. The number of nitrogens with two attached hydrogens (primary N) is 1. The van der Waals surface area contributed by atoms with Crippen LogP contribution in [0.3, 0.4) is 0 Å². The molecule has 8 heteroatoms. The number of hydrogen-bond acceptors (Lipinski definition) is 6. The normalized spacial score (nSPS) is 31.0. The van der Waals surface area contributed by atoms with Crippen molar-refractivity contribution < 1.29 is 14.9 Å². The Bertz CT molecular complexity index is 802. The van der Waals surface area contributed by atoms with E-state index in [0.29, 0.717) is 23.3 Å². The van der Waals surface area contributed by atoms with Crippen LogP contribution >= 0.6 is 6.89 Å². The fraction of sp³-hybridized carbons (Fsp3) is 0.562. The van der Waals surface area contributed by atoms with E-state index in [4.69, 9.17) is 10.5 Å². The van der Waals surface area contributed by atoms with E-state index in [-0.39, 0.29) is 0 Å². The van der Waals surface area contributed by atoms with Gasteiger partial charge in [0.15, 0.2) is 11.9 Å². The number of aliphatic hydroxyl groups is 2. The summed E-state index contributed by atoms with van der Waals surface area (Å²) in [5.41, 5.74) is 6.67. The second kappa shape index (κ2) is 5.85. The number of aliphatic hydroxyl groups excluding tert-OH is 2. The summed E-state index contributed by atoms with van der Waals surface area (Å²) in [6, 6.07) is 1.67. The van der Waals surface area contributed by atoms with Gasteiger partial charge in [0.25, 0.3) is 0 Å². The van der Waals surface area contributed by atoms with E-state index < -0.39 is 30.9 Å². The minimum absolute atomic E-state index is 0.512. The third kappa shape index (κ3) is 2.97. The van der Waals surface area contributed by atoms with Crippen molar-refractivity contribution >= 4 is 30.0 Å². The first-order valence-corrected chi connectivity index (χ1v) is 11.0. The molecule has 132 valence electrons. The number of aromatic nitrogens is 3. The van der Waals surface area contributed by atoms with Gasteiger partial charge in [-0.3, -0.25) is 4.57 Å². The lowest BCUT2D eigenvalue weighted by Gasteiger charge is -2.29. The molecule has 0 unspecified atom stereocenters. The van der Waals surface area contributed by atoms with Gasteiger partial charge in [-0.2, -0.15) is 0 Å². The SMILES string of the molecule is C=P(C)(C)CC[C@@]1(C)O[C@@H](n2cnc3c(N)ccnc32)[C@H](O)[C@@H]1O. The van der Waals surface area contributed by atoms with Crippen LogP contribution < -0.4 is 5.73 Å². The highest BCUT2D eigenvalue weighted by Crippen LogP contribution is 2.44. The fourth-order valence-corrected chi connectivity index (χ4v) is 4.07. The summed E-state index contributed by atoms with van der Waals surface area (Å²) in [5, 5.41) is 21.1. The molecule has 1 fully saturated rings. The Labute approximate surface area is 141 Å². The summed E-state index contributed by atoms with van der Waals surface area (Å²) in [6.07, 6.45) is 6.01. The number of nitrogen functional groups attached to an aromatic ring is 1. The van der Waals surface area contributed by atoms with Crippen molar-refractivity contribution in [3.63, 3.8) is 0 Å². The third-order valence-electron chi connectivity index (χ3n) is 4.61. The number of pyridine rings is 1. The standard InChI is InChI=1S/C16H25N4O3P/c1-16(6-8-24(2,3)4)13(22)12(21)15(23-16)20-9-19-11-10(17)5-7-18-14(11)20/h5,7,9,12-13,15,21-22H,2,6,8H2,1,3-4H3,(H2,17,18)/t12-,13+,15-,16-/m1/s1. The van der Waals surface area contributed by atoms with Crippen LogP contribution in [0, 0.1) is 0 Å². The van der Waals surface area contributed by atoms with Crippen molar-refractivity contribution in [3.8, 4) is 0 Å². The highest BCUT2D eigenvalue weighted by molar-refractivity contribution is 7.72. The summed E-state index contributed by atoms with van der Waals surface area (Å²) in [4.78, 5) is 8.54. The molecule has 2 aromatic rings. The van der Waals surface area contributed by atoms with Gasteiger partial charge >= 0.3 is 0 Å². The van der Waals surface area contributed by atoms with E-state index in [1.54, 1.807) is 23.2 Å². The summed E-state index contributed by atoms with van der Waals surface area (Å²) < 4.78 is 7.73. The Morgan fingerprint density at radius 1 is 1.42 bits per heavy atom. The van der Waals surface area contributed by atoms with Gasteiger partial charge in [0.05, 0.1) is 17.6 Å². The molecule has 1 aliphatic heterocycles. The molecular weight excluding hydrogens is 327 g/mol. The van der Waals surface area contributed by atoms with Gasteiger partial charge in [-0.05, 0) is 38.9 Å². The molecule has 7 nitrogen and oxygen atoms in total. The zero-order valence-electron chi connectivity index (χ0n) is 14.3. The maximum atomic E-state index is 10.5. The molecule has 0 aromatic carbocycles. The van der Waals surface area contributed by atoms with Crippen LogP contribution in [0.4, 0.5) is 5.69 Å². The quantitative estimate of drug-likeness (QED) is 0.712. The minimum Gasteiger partial charge on any atom is -0.397 e. The minimum atomic E-state index is -1.25. The summed E-state index contributed by atoms with van der Waals surface area (Å²) in [5.74, 6) is 0. The van der Waals surface area contributed by atoms with Crippen LogP contribution in [0.2, 0.25) is 0 Å². The molecule has 3 heterocycles. The summed E-state index contributed by atoms with van der Waals surface area (Å²) in [6.45, 7) is 4.86. The smallest absolute Gasteiger partial charge is 0.166 e. The fourth-order valence-electron chi connectivity index (χ4n) is 3.02. The Balaban J connectivity index is 1.92. The molecule has 0 spiro atoms. The van der Waals surface area contributed by atoms with Crippen molar-refractivity contribution in [3.05, 3.63) is 18.6 Å². The average Bonchev–Trinajstić information content (AvgIpc) is 3.02. The van der Waals surface area contributed by atoms with Crippen LogP contribution in [0.25, 0.3) is 11.2 Å². The largest absolute Gasteiger partial charge is 0.397 e. The molecule has 1 aliphatic rings. The molecule has 0 aliphatic carbocycles. The van der Waals surface area contributed by atoms with Crippen LogP contribution in [-0.4, -0.2) is 68.3 Å². The highest BCUT2D eigenvalue weighted by Gasteiger charge is 2.51. The van der Waals surface area contributed by atoms with E-state index in [0.717, 1.165) is 6.16 Å². The molecule has 0 bridgehead atoms. The Kier molecular flexibility index (Phi) is 4.24. The zero-order chi connectivity index (χ0) is 17.7. The van der Waals surface area contributed by atoms with Gasteiger partial charge < -0.3 is 20.7 Å². The number of ether oxygens (including phenoxy) is 1. The van der Waals surface area contributed by atoms with Crippen LogP contribution in [0.15, 0.2) is 18.6 Å². The van der Waals surface area contributed by atoms with Crippen molar-refractivity contribution in [1.82, 2.24) is 14.5 Å². The third-order valence-corrected chi connectivity index (χ3v) is 6.05. The topological polar surface area (TPSA) is 106 Å². The number of nitrogens with zero attached hydrogens (tertiary/aromatic N) is 3. The number of imidazole rings is 1. The molecule has 1 saturated heterocycles. The van der Waals surface area contributed by atoms with Crippen LogP contribution in [0.5, 0.6) is 0 Å². The Morgan fingerprint density at radius 3 is 2.79 bits per heavy atom. The molecule has 0 amide bonds. The van der Waals surface area contributed by atoms with E-state index in [1.807, 2.05) is 6.92 Å². The van der Waals surface area contributed by atoms with E-state index in [9.17, 15) is 10.2 Å². The molecular formula is C16H25N4O3P. The van der Waals surface area contributed by atoms with Crippen molar-refractivity contribution in [2.24, 2.45) is 0 Å². The second-order valence-electron chi connectivity index (χ2n) is 7.39. The van der Waals surface area contributed by atoms with Gasteiger partial charge in [-0.15, -0.1) is 13.2 Å². The maximum absolute atomic E-state index is 10.5. The van der Waals surface area contributed by atoms with Gasteiger partial charge in [0, 0.05) is 6.20 Å². The van der Waals surface area contributed by atoms with Gasteiger partial charge in [-0.1, -0.05) is 0 Å². The van der Waals surface area contributed by atoms with Gasteiger partial charge in [-0.25, -0.2) is 9.97 Å². The van der Waals surface area contributed by atoms with E-state index >= 15 is 0 Å². The van der Waals surface area contributed by atoms with Crippen molar-refractivity contribution in [1.29, 1.82) is 0 Å². The first-order chi connectivity index (χ1) is 11.1. The summed E-state index contributed by atoms with van der Waals surface area (Å²) in [7, 11) is 0. The molecule has 4 N–H and O–H groups in total. The van der Waals surface area contributed by atoms with Gasteiger partial charge in [0.2, 0.25) is 0 Å². The Hall–Kier alpha value is -1.40. The molecule has 3 rings (SSSR count). The van der Waals surface area contributed by atoms with E-state index in [1.165, 1.54) is 0 Å². The predicted octanol–water partition coefficient (Wildman–Crippen LogP) is 1.12. The molecule has 4 atom stereocenters. The molecule has 24 heavy (non-hydrogen) atoms. The monoisotopic (exact) mass is 352 g/mol. The van der Waals surface area contributed by atoms with E-state index in [2.05, 4.69) is 29.6 Å². The molecule has 0 saturated carbocycles. The van der Waals surface area contributed by atoms with Crippen molar-refractivity contribution in [2.75, 3.05) is 25.2 Å². The predicted molar refractivity (Wildman–Crippen MR) is 97.9 cm³/mol. The number of anilines is 1. The van der Waals surface area contributed by atoms with Gasteiger partial charge in [0.1, 0.15) is 17.7 Å². The lowest BCUT2D eigenvalue weighted by molar-refractivity contribution is -0.0925. The Morgan fingerprint density at radius 2 is 2.12 bits per heavy atom. The van der Waals surface area contributed by atoms with Crippen LogP contribution in [0.1, 0.15) is 19.6 Å². The first-order valence-electron chi connectivity index (χ1n) is 7.91.